The van der Waals surface area contributed by atoms with E-state index in [0.29, 0.717) is 0 Å². The molecule has 114 valence electrons. The maximum atomic E-state index is 11.2. The first-order valence-corrected chi connectivity index (χ1v) is 6.01. The van der Waals surface area contributed by atoms with Gasteiger partial charge in [0.1, 0.15) is 0 Å². The molecule has 1 fully saturated rings. The molecule has 8 nitrogen and oxygen atoms in total. The molecule has 8 heteroatoms. The zero-order chi connectivity index (χ0) is 15.3. The first-order valence-electron chi connectivity index (χ1n) is 6.01. The van der Waals surface area contributed by atoms with Crippen molar-refractivity contribution in [3.05, 3.63) is 0 Å². The second-order valence-electron chi connectivity index (χ2n) is 4.23. The fraction of sp³-hybridized carbons (Fsp3) is 0.750. The van der Waals surface area contributed by atoms with Crippen molar-refractivity contribution in [3.63, 3.8) is 0 Å². The normalized spacial score (nSPS) is 29.4. The number of rotatable bonds is 4. The first-order chi connectivity index (χ1) is 9.35. The van der Waals surface area contributed by atoms with Crippen molar-refractivity contribution in [2.45, 2.75) is 45.4 Å². The summed E-state index contributed by atoms with van der Waals surface area (Å²) >= 11 is 0. The fourth-order valence-electron chi connectivity index (χ4n) is 1.91. The lowest BCUT2D eigenvalue weighted by Gasteiger charge is -2.39. The fourth-order valence-corrected chi connectivity index (χ4v) is 1.91. The van der Waals surface area contributed by atoms with Gasteiger partial charge in [-0.2, -0.15) is 0 Å². The second kappa shape index (κ2) is 7.20. The van der Waals surface area contributed by atoms with Crippen LogP contribution in [0.15, 0.2) is 0 Å². The van der Waals surface area contributed by atoms with Crippen LogP contribution in [0.1, 0.15) is 20.8 Å². The van der Waals surface area contributed by atoms with Crippen molar-refractivity contribution in [2.24, 2.45) is 0 Å². The van der Waals surface area contributed by atoms with Crippen molar-refractivity contribution in [3.8, 4) is 0 Å². The minimum absolute atomic E-state index is 0.0339. The van der Waals surface area contributed by atoms with Crippen molar-refractivity contribution >= 4 is 17.9 Å². The number of esters is 3. The van der Waals surface area contributed by atoms with Crippen LogP contribution >= 0.6 is 0 Å². The van der Waals surface area contributed by atoms with Crippen LogP contribution in [-0.2, 0) is 38.1 Å². The Balaban J connectivity index is 2.95. The zero-order valence-corrected chi connectivity index (χ0v) is 11.8. The van der Waals surface area contributed by atoms with Crippen molar-refractivity contribution in [2.75, 3.05) is 13.7 Å². The lowest BCUT2D eigenvalue weighted by atomic mass is 10.0. The quantitative estimate of drug-likeness (QED) is 0.518. The van der Waals surface area contributed by atoms with Gasteiger partial charge in [-0.3, -0.25) is 14.4 Å². The SMILES string of the molecule is CO[C@H]1OC[C@@H](OC(C)=O)[C@H](OC(C)=O)[C@H]1OC(C)=O. The lowest BCUT2D eigenvalue weighted by molar-refractivity contribution is -0.274. The third-order valence-corrected chi connectivity index (χ3v) is 2.54. The van der Waals surface area contributed by atoms with Crippen molar-refractivity contribution in [1.29, 1.82) is 0 Å². The van der Waals surface area contributed by atoms with Crippen LogP contribution in [-0.4, -0.2) is 56.2 Å². The number of methoxy groups -OCH3 is 1. The summed E-state index contributed by atoms with van der Waals surface area (Å²) in [5.74, 6) is -1.75. The molecule has 0 aromatic heterocycles. The summed E-state index contributed by atoms with van der Waals surface area (Å²) in [6, 6.07) is 0. The Bertz CT molecular complexity index is 380. The van der Waals surface area contributed by atoms with E-state index in [4.69, 9.17) is 23.7 Å². The number of hydrogen-bond donors (Lipinski definition) is 0. The second-order valence-corrected chi connectivity index (χ2v) is 4.23. The predicted octanol–water partition coefficient (Wildman–Crippen LogP) is -0.216. The summed E-state index contributed by atoms with van der Waals surface area (Å²) in [5, 5.41) is 0. The van der Waals surface area contributed by atoms with Crippen LogP contribution in [0.2, 0.25) is 0 Å². The predicted molar refractivity (Wildman–Crippen MR) is 63.4 cm³/mol. The van der Waals surface area contributed by atoms with Gasteiger partial charge in [0.15, 0.2) is 24.6 Å². The van der Waals surface area contributed by atoms with Gasteiger partial charge in [-0.25, -0.2) is 0 Å². The molecule has 1 aliphatic rings. The molecule has 0 spiro atoms. The molecule has 0 amide bonds. The summed E-state index contributed by atoms with van der Waals surface area (Å²) in [6.07, 6.45) is -3.78. The molecule has 0 aliphatic carbocycles. The molecular weight excluding hydrogens is 272 g/mol. The van der Waals surface area contributed by atoms with E-state index in [2.05, 4.69) is 0 Å². The van der Waals surface area contributed by atoms with Gasteiger partial charge in [0.25, 0.3) is 0 Å². The van der Waals surface area contributed by atoms with E-state index in [-0.39, 0.29) is 6.61 Å². The van der Waals surface area contributed by atoms with Gasteiger partial charge in [-0.1, -0.05) is 0 Å². The van der Waals surface area contributed by atoms with Crippen LogP contribution in [0.5, 0.6) is 0 Å². The smallest absolute Gasteiger partial charge is 0.303 e. The molecule has 0 N–H and O–H groups in total. The number of ether oxygens (including phenoxy) is 5. The monoisotopic (exact) mass is 290 g/mol. The molecule has 0 aromatic carbocycles. The Labute approximate surface area is 116 Å². The largest absolute Gasteiger partial charge is 0.456 e. The number of carbonyl (C=O) groups is 3. The standard InChI is InChI=1S/C12H18O8/c1-6(13)18-9-5-17-12(16-4)11(20-8(3)15)10(9)19-7(2)14/h9-12H,5H2,1-4H3/t9-,10+,11-,12+/m1/s1. The molecule has 20 heavy (non-hydrogen) atoms. The maximum absolute atomic E-state index is 11.2. The molecule has 4 atom stereocenters. The molecule has 0 bridgehead atoms. The summed E-state index contributed by atoms with van der Waals surface area (Å²) in [6.45, 7) is 3.59. The van der Waals surface area contributed by atoms with E-state index in [1.807, 2.05) is 0 Å². The Morgan fingerprint density at radius 1 is 0.900 bits per heavy atom. The molecule has 1 rings (SSSR count). The Morgan fingerprint density at radius 2 is 1.40 bits per heavy atom. The van der Waals surface area contributed by atoms with E-state index in [9.17, 15) is 14.4 Å². The minimum atomic E-state index is -1.01. The summed E-state index contributed by atoms with van der Waals surface area (Å²) in [5.41, 5.74) is 0. The molecule has 0 aromatic rings. The van der Waals surface area contributed by atoms with Crippen LogP contribution in [0.3, 0.4) is 0 Å². The number of hydrogen-bond acceptors (Lipinski definition) is 8. The Kier molecular flexibility index (Phi) is 5.90. The summed E-state index contributed by atoms with van der Waals surface area (Å²) in [7, 11) is 1.36. The Morgan fingerprint density at radius 3 is 1.85 bits per heavy atom. The highest BCUT2D eigenvalue weighted by Crippen LogP contribution is 2.24. The van der Waals surface area contributed by atoms with Crippen LogP contribution in [0.25, 0.3) is 0 Å². The van der Waals surface area contributed by atoms with Gasteiger partial charge in [0, 0.05) is 27.9 Å². The van der Waals surface area contributed by atoms with Crippen LogP contribution in [0.4, 0.5) is 0 Å². The molecular formula is C12H18O8. The molecule has 0 unspecified atom stereocenters. The molecule has 1 aliphatic heterocycles. The van der Waals surface area contributed by atoms with E-state index in [0.717, 1.165) is 0 Å². The van der Waals surface area contributed by atoms with Crippen LogP contribution < -0.4 is 0 Å². The lowest BCUT2D eigenvalue weighted by Crippen LogP contribution is -2.57. The summed E-state index contributed by atoms with van der Waals surface area (Å²) < 4.78 is 25.5. The molecule has 0 saturated carbocycles. The molecule has 0 radical (unpaired) electrons. The van der Waals surface area contributed by atoms with Gasteiger partial charge >= 0.3 is 17.9 Å². The summed E-state index contributed by atoms with van der Waals surface area (Å²) in [4.78, 5) is 33.4. The highest BCUT2D eigenvalue weighted by atomic mass is 16.7. The Hall–Kier alpha value is -1.67. The van der Waals surface area contributed by atoms with Gasteiger partial charge < -0.3 is 23.7 Å². The average molecular weight is 290 g/mol. The minimum Gasteiger partial charge on any atom is -0.456 e. The van der Waals surface area contributed by atoms with E-state index >= 15 is 0 Å². The van der Waals surface area contributed by atoms with E-state index in [1.165, 1.54) is 27.9 Å². The van der Waals surface area contributed by atoms with Gasteiger partial charge in [-0.05, 0) is 0 Å². The van der Waals surface area contributed by atoms with Gasteiger partial charge in [0.05, 0.1) is 6.61 Å². The third kappa shape index (κ3) is 4.46. The van der Waals surface area contributed by atoms with Gasteiger partial charge in [-0.15, -0.1) is 0 Å². The molecule has 1 saturated heterocycles. The molecule has 1 heterocycles. The zero-order valence-electron chi connectivity index (χ0n) is 11.8. The highest BCUT2D eigenvalue weighted by molar-refractivity contribution is 5.68. The topological polar surface area (TPSA) is 97.4 Å². The van der Waals surface area contributed by atoms with Crippen molar-refractivity contribution < 1.29 is 38.1 Å². The average Bonchev–Trinajstić information content (AvgIpc) is 2.31. The maximum Gasteiger partial charge on any atom is 0.303 e. The number of carbonyl (C=O) groups excluding carboxylic acids is 3. The van der Waals surface area contributed by atoms with Gasteiger partial charge in [0.2, 0.25) is 0 Å². The van der Waals surface area contributed by atoms with Crippen molar-refractivity contribution in [1.82, 2.24) is 0 Å². The van der Waals surface area contributed by atoms with E-state index in [1.54, 1.807) is 0 Å². The van der Waals surface area contributed by atoms with Crippen LogP contribution in [0, 0.1) is 0 Å². The third-order valence-electron chi connectivity index (χ3n) is 2.54. The highest BCUT2D eigenvalue weighted by Gasteiger charge is 2.47. The van der Waals surface area contributed by atoms with E-state index < -0.39 is 42.5 Å². The first kappa shape index (κ1) is 16.4.